The molecular formula is C18H21FN2O. The van der Waals surface area contributed by atoms with Crippen LogP contribution >= 0.6 is 0 Å². The standard InChI is InChI=1S/C18H21FN2O/c1-13-8-14(10-20-9-13)11-21(17-6-7-17)12-18(22)15-2-4-16(19)5-3-15/h2-5,8-10,17-18,22H,6-7,11-12H2,1H3/t18-/m0/s1. The van der Waals surface area contributed by atoms with Gasteiger partial charge in [-0.15, -0.1) is 0 Å². The molecule has 4 heteroatoms. The van der Waals surface area contributed by atoms with Gasteiger partial charge < -0.3 is 5.11 Å². The van der Waals surface area contributed by atoms with Crippen LogP contribution in [-0.2, 0) is 6.54 Å². The summed E-state index contributed by atoms with van der Waals surface area (Å²) in [4.78, 5) is 6.53. The van der Waals surface area contributed by atoms with Gasteiger partial charge in [0.1, 0.15) is 5.82 Å². The van der Waals surface area contributed by atoms with E-state index in [1.807, 2.05) is 19.3 Å². The largest absolute Gasteiger partial charge is 0.387 e. The van der Waals surface area contributed by atoms with Crippen LogP contribution in [0.25, 0.3) is 0 Å². The fourth-order valence-electron chi connectivity index (χ4n) is 2.73. The Morgan fingerprint density at radius 3 is 2.64 bits per heavy atom. The third-order valence-corrected chi connectivity index (χ3v) is 4.04. The van der Waals surface area contributed by atoms with E-state index in [4.69, 9.17) is 0 Å². The Kier molecular flexibility index (Phi) is 4.50. The van der Waals surface area contributed by atoms with Crippen LogP contribution in [0.3, 0.4) is 0 Å². The zero-order chi connectivity index (χ0) is 15.5. The maximum absolute atomic E-state index is 13.0. The van der Waals surface area contributed by atoms with E-state index in [2.05, 4.69) is 16.0 Å². The highest BCUT2D eigenvalue weighted by atomic mass is 19.1. The van der Waals surface area contributed by atoms with Gasteiger partial charge in [0.25, 0.3) is 0 Å². The molecule has 1 heterocycles. The minimum absolute atomic E-state index is 0.277. The Morgan fingerprint density at radius 1 is 1.27 bits per heavy atom. The molecule has 0 saturated heterocycles. The predicted octanol–water partition coefficient (Wildman–Crippen LogP) is 3.23. The lowest BCUT2D eigenvalue weighted by atomic mass is 10.1. The second-order valence-electron chi connectivity index (χ2n) is 6.10. The molecule has 0 unspecified atom stereocenters. The van der Waals surface area contributed by atoms with Crippen LogP contribution in [-0.4, -0.2) is 27.6 Å². The van der Waals surface area contributed by atoms with Crippen LogP contribution in [0.15, 0.2) is 42.7 Å². The fraction of sp³-hybridized carbons (Fsp3) is 0.389. The topological polar surface area (TPSA) is 36.4 Å². The van der Waals surface area contributed by atoms with Gasteiger partial charge in [-0.2, -0.15) is 0 Å². The lowest BCUT2D eigenvalue weighted by molar-refractivity contribution is 0.104. The summed E-state index contributed by atoms with van der Waals surface area (Å²) in [5, 5.41) is 10.4. The van der Waals surface area contributed by atoms with Crippen molar-refractivity contribution in [3.8, 4) is 0 Å². The second-order valence-corrected chi connectivity index (χ2v) is 6.10. The van der Waals surface area contributed by atoms with Gasteiger partial charge in [0, 0.05) is 31.5 Å². The SMILES string of the molecule is Cc1cncc(CN(C[C@H](O)c2ccc(F)cc2)C2CC2)c1. The number of aliphatic hydroxyl groups is 1. The Balaban J connectivity index is 1.68. The van der Waals surface area contributed by atoms with Crippen LogP contribution in [0.4, 0.5) is 4.39 Å². The summed E-state index contributed by atoms with van der Waals surface area (Å²) in [7, 11) is 0. The Hall–Kier alpha value is -1.78. The smallest absolute Gasteiger partial charge is 0.123 e. The third-order valence-electron chi connectivity index (χ3n) is 4.04. The van der Waals surface area contributed by atoms with Crippen molar-refractivity contribution in [2.24, 2.45) is 0 Å². The van der Waals surface area contributed by atoms with Crippen molar-refractivity contribution in [3.05, 3.63) is 65.2 Å². The average Bonchev–Trinajstić information content (AvgIpc) is 3.32. The minimum Gasteiger partial charge on any atom is -0.387 e. The van der Waals surface area contributed by atoms with E-state index in [9.17, 15) is 9.50 Å². The molecular weight excluding hydrogens is 279 g/mol. The summed E-state index contributed by atoms with van der Waals surface area (Å²) in [6.45, 7) is 3.38. The number of aryl methyl sites for hydroxylation is 1. The average molecular weight is 300 g/mol. The molecule has 1 N–H and O–H groups in total. The first-order valence-electron chi connectivity index (χ1n) is 7.70. The van der Waals surface area contributed by atoms with E-state index >= 15 is 0 Å². The summed E-state index contributed by atoms with van der Waals surface area (Å²) in [6.07, 6.45) is 5.48. The van der Waals surface area contributed by atoms with Gasteiger partial charge in [-0.05, 0) is 48.6 Å². The van der Waals surface area contributed by atoms with E-state index in [0.29, 0.717) is 12.6 Å². The molecule has 1 saturated carbocycles. The molecule has 0 bridgehead atoms. The van der Waals surface area contributed by atoms with E-state index in [1.165, 1.54) is 30.5 Å². The molecule has 1 aromatic heterocycles. The molecule has 22 heavy (non-hydrogen) atoms. The summed E-state index contributed by atoms with van der Waals surface area (Å²) < 4.78 is 13.0. The number of hydrogen-bond donors (Lipinski definition) is 1. The number of halogens is 1. The number of pyridine rings is 1. The van der Waals surface area contributed by atoms with Crippen molar-refractivity contribution in [1.29, 1.82) is 0 Å². The first-order chi connectivity index (χ1) is 10.6. The summed E-state index contributed by atoms with van der Waals surface area (Å²) >= 11 is 0. The zero-order valence-electron chi connectivity index (χ0n) is 12.7. The molecule has 0 spiro atoms. The maximum atomic E-state index is 13.0. The van der Waals surface area contributed by atoms with Gasteiger partial charge in [0.05, 0.1) is 6.10 Å². The molecule has 1 aromatic carbocycles. The third kappa shape index (κ3) is 3.90. The summed E-state index contributed by atoms with van der Waals surface area (Å²) in [6, 6.07) is 8.76. The van der Waals surface area contributed by atoms with Gasteiger partial charge in [-0.3, -0.25) is 9.88 Å². The normalized spacial score (nSPS) is 16.0. The number of aromatic nitrogens is 1. The zero-order valence-corrected chi connectivity index (χ0v) is 12.7. The quantitative estimate of drug-likeness (QED) is 0.890. The lowest BCUT2D eigenvalue weighted by Crippen LogP contribution is -2.30. The first-order valence-corrected chi connectivity index (χ1v) is 7.70. The highest BCUT2D eigenvalue weighted by Crippen LogP contribution is 2.30. The van der Waals surface area contributed by atoms with Gasteiger partial charge >= 0.3 is 0 Å². The Morgan fingerprint density at radius 2 is 2.00 bits per heavy atom. The maximum Gasteiger partial charge on any atom is 0.123 e. The molecule has 0 amide bonds. The highest BCUT2D eigenvalue weighted by Gasteiger charge is 2.30. The molecule has 116 valence electrons. The molecule has 1 aliphatic rings. The number of benzene rings is 1. The minimum atomic E-state index is -0.598. The Labute approximate surface area is 130 Å². The van der Waals surface area contributed by atoms with Crippen molar-refractivity contribution >= 4 is 0 Å². The van der Waals surface area contributed by atoms with E-state index in [-0.39, 0.29) is 5.82 Å². The summed E-state index contributed by atoms with van der Waals surface area (Å²) in [5.74, 6) is -0.277. The molecule has 3 rings (SSSR count). The van der Waals surface area contributed by atoms with Crippen LogP contribution in [0.5, 0.6) is 0 Å². The van der Waals surface area contributed by atoms with Crippen LogP contribution in [0.2, 0.25) is 0 Å². The monoisotopic (exact) mass is 300 g/mol. The van der Waals surface area contributed by atoms with Crippen molar-refractivity contribution in [2.45, 2.75) is 38.5 Å². The van der Waals surface area contributed by atoms with E-state index in [1.54, 1.807) is 12.1 Å². The van der Waals surface area contributed by atoms with Crippen LogP contribution in [0.1, 0.15) is 35.6 Å². The number of nitrogens with zero attached hydrogens (tertiary/aromatic N) is 2. The van der Waals surface area contributed by atoms with Crippen LogP contribution < -0.4 is 0 Å². The summed E-state index contributed by atoms with van der Waals surface area (Å²) in [5.41, 5.74) is 3.07. The van der Waals surface area contributed by atoms with Gasteiger partial charge in [0.15, 0.2) is 0 Å². The van der Waals surface area contributed by atoms with Crippen molar-refractivity contribution in [1.82, 2.24) is 9.88 Å². The molecule has 1 fully saturated rings. The van der Waals surface area contributed by atoms with Crippen molar-refractivity contribution in [2.75, 3.05) is 6.54 Å². The van der Waals surface area contributed by atoms with E-state index < -0.39 is 6.10 Å². The molecule has 2 aromatic rings. The molecule has 3 nitrogen and oxygen atoms in total. The van der Waals surface area contributed by atoms with Crippen LogP contribution in [0, 0.1) is 12.7 Å². The molecule has 1 aliphatic carbocycles. The lowest BCUT2D eigenvalue weighted by Gasteiger charge is -2.25. The predicted molar refractivity (Wildman–Crippen MR) is 83.8 cm³/mol. The number of rotatable bonds is 6. The van der Waals surface area contributed by atoms with E-state index in [0.717, 1.165) is 17.7 Å². The van der Waals surface area contributed by atoms with Gasteiger partial charge in [-0.1, -0.05) is 18.2 Å². The Bertz CT molecular complexity index is 625. The van der Waals surface area contributed by atoms with Gasteiger partial charge in [-0.25, -0.2) is 4.39 Å². The number of hydrogen-bond acceptors (Lipinski definition) is 3. The van der Waals surface area contributed by atoms with Crippen molar-refractivity contribution in [3.63, 3.8) is 0 Å². The molecule has 1 atom stereocenters. The van der Waals surface area contributed by atoms with Crippen molar-refractivity contribution < 1.29 is 9.50 Å². The second kappa shape index (κ2) is 6.55. The fourth-order valence-corrected chi connectivity index (χ4v) is 2.73. The first kappa shape index (κ1) is 15.1. The molecule has 0 radical (unpaired) electrons. The molecule has 0 aliphatic heterocycles. The highest BCUT2D eigenvalue weighted by molar-refractivity contribution is 5.20. The number of aliphatic hydroxyl groups excluding tert-OH is 1. The van der Waals surface area contributed by atoms with Gasteiger partial charge in [0.2, 0.25) is 0 Å².